The Kier molecular flexibility index (Phi) is 6.31. The van der Waals surface area contributed by atoms with Gasteiger partial charge in [-0.2, -0.15) is 8.78 Å². The van der Waals surface area contributed by atoms with Crippen LogP contribution in [0.3, 0.4) is 0 Å². The van der Waals surface area contributed by atoms with Gasteiger partial charge in [0.15, 0.2) is 11.5 Å². The first-order valence-corrected chi connectivity index (χ1v) is 7.65. The largest absolute Gasteiger partial charge is 0.493 e. The number of methoxy groups -OCH3 is 1. The summed E-state index contributed by atoms with van der Waals surface area (Å²) in [5.74, 6) is -0.236. The van der Waals surface area contributed by atoms with Gasteiger partial charge in [0, 0.05) is 10.5 Å². The van der Waals surface area contributed by atoms with Gasteiger partial charge in [-0.1, -0.05) is 18.2 Å². The highest BCUT2D eigenvalue weighted by molar-refractivity contribution is 9.10. The number of amides is 1. The Morgan fingerprint density at radius 2 is 1.96 bits per heavy atom. The first kappa shape index (κ1) is 17.9. The molecule has 0 spiro atoms. The van der Waals surface area contributed by atoms with E-state index in [0.29, 0.717) is 11.3 Å². The molecule has 0 aliphatic rings. The molecule has 0 bridgehead atoms. The normalized spacial score (nSPS) is 10.9. The Hall–Kier alpha value is -2.41. The van der Waals surface area contributed by atoms with Gasteiger partial charge in [0.05, 0.1) is 12.8 Å². The van der Waals surface area contributed by atoms with Gasteiger partial charge in [-0.3, -0.25) is 4.79 Å². The minimum atomic E-state index is -2.93. The van der Waals surface area contributed by atoms with E-state index >= 15 is 0 Å². The zero-order chi connectivity index (χ0) is 17.5. The Balaban J connectivity index is 2.08. The highest BCUT2D eigenvalue weighted by atomic mass is 79.9. The molecule has 2 aromatic carbocycles. The van der Waals surface area contributed by atoms with Crippen LogP contribution in [0.4, 0.5) is 14.5 Å². The van der Waals surface area contributed by atoms with Crippen molar-refractivity contribution in [1.82, 2.24) is 0 Å². The number of nitrogens with one attached hydrogen (secondary N) is 1. The molecule has 0 atom stereocenters. The van der Waals surface area contributed by atoms with E-state index in [4.69, 9.17) is 4.74 Å². The number of carbonyl (C=O) groups excluding carboxylic acids is 1. The summed E-state index contributed by atoms with van der Waals surface area (Å²) in [6.07, 6.45) is 2.88. The Morgan fingerprint density at radius 3 is 2.62 bits per heavy atom. The molecule has 126 valence electrons. The summed E-state index contributed by atoms with van der Waals surface area (Å²) < 4.78 is 34.7. The molecular formula is C17H14BrF2NO3. The van der Waals surface area contributed by atoms with Crippen molar-refractivity contribution in [2.75, 3.05) is 12.4 Å². The van der Waals surface area contributed by atoms with Crippen LogP contribution in [-0.4, -0.2) is 19.6 Å². The quantitative estimate of drug-likeness (QED) is 0.717. The third-order valence-corrected chi connectivity index (χ3v) is 3.65. The van der Waals surface area contributed by atoms with Crippen LogP contribution < -0.4 is 14.8 Å². The van der Waals surface area contributed by atoms with E-state index in [-0.39, 0.29) is 17.4 Å². The van der Waals surface area contributed by atoms with Gasteiger partial charge in [0.25, 0.3) is 0 Å². The zero-order valence-corrected chi connectivity index (χ0v) is 14.2. The lowest BCUT2D eigenvalue weighted by Gasteiger charge is -2.10. The van der Waals surface area contributed by atoms with Gasteiger partial charge in [0.2, 0.25) is 5.91 Å². The van der Waals surface area contributed by atoms with Gasteiger partial charge in [0.1, 0.15) is 0 Å². The first-order chi connectivity index (χ1) is 11.5. The lowest BCUT2D eigenvalue weighted by Crippen LogP contribution is -2.08. The van der Waals surface area contributed by atoms with Crippen molar-refractivity contribution in [2.24, 2.45) is 0 Å². The van der Waals surface area contributed by atoms with Gasteiger partial charge >= 0.3 is 6.61 Å². The molecule has 0 saturated heterocycles. The molecule has 2 rings (SSSR count). The standard InChI is InChI=1S/C17H14BrF2NO3/c1-23-15-10-11(6-8-14(15)24-17(19)20)7-9-16(22)21-13-5-3-2-4-12(13)18/h2-10,17H,1H3,(H,21,22)/b9-7+. The average Bonchev–Trinajstić information content (AvgIpc) is 2.55. The van der Waals surface area contributed by atoms with Crippen LogP contribution in [-0.2, 0) is 4.79 Å². The van der Waals surface area contributed by atoms with Crippen LogP contribution in [0, 0.1) is 0 Å². The number of carbonyl (C=O) groups is 1. The summed E-state index contributed by atoms with van der Waals surface area (Å²) in [4.78, 5) is 11.9. The van der Waals surface area contributed by atoms with E-state index in [1.165, 1.54) is 25.3 Å². The van der Waals surface area contributed by atoms with Crippen molar-refractivity contribution in [2.45, 2.75) is 6.61 Å². The fraction of sp³-hybridized carbons (Fsp3) is 0.118. The summed E-state index contributed by atoms with van der Waals surface area (Å²) in [5, 5.41) is 2.72. The smallest absolute Gasteiger partial charge is 0.387 e. The topological polar surface area (TPSA) is 47.6 Å². The molecule has 24 heavy (non-hydrogen) atoms. The molecule has 0 saturated carbocycles. The molecule has 1 amide bonds. The third-order valence-electron chi connectivity index (χ3n) is 2.96. The van der Waals surface area contributed by atoms with Crippen LogP contribution in [0.5, 0.6) is 11.5 Å². The van der Waals surface area contributed by atoms with Crippen LogP contribution in [0.25, 0.3) is 6.08 Å². The summed E-state index contributed by atoms with van der Waals surface area (Å²) in [6.45, 7) is -2.93. The van der Waals surface area contributed by atoms with Crippen molar-refractivity contribution in [3.63, 3.8) is 0 Å². The third kappa shape index (κ3) is 5.06. The second-order valence-electron chi connectivity index (χ2n) is 4.59. The number of anilines is 1. The van der Waals surface area contributed by atoms with Gasteiger partial charge in [-0.05, 0) is 51.8 Å². The highest BCUT2D eigenvalue weighted by Crippen LogP contribution is 2.30. The number of hydrogen-bond acceptors (Lipinski definition) is 3. The summed E-state index contributed by atoms with van der Waals surface area (Å²) in [7, 11) is 1.35. The van der Waals surface area contributed by atoms with Gasteiger partial charge in [-0.25, -0.2) is 0 Å². The van der Waals surface area contributed by atoms with Crippen LogP contribution >= 0.6 is 15.9 Å². The number of hydrogen-bond donors (Lipinski definition) is 1. The van der Waals surface area contributed by atoms with Crippen molar-refractivity contribution in [1.29, 1.82) is 0 Å². The molecule has 0 unspecified atom stereocenters. The molecule has 0 heterocycles. The molecule has 1 N–H and O–H groups in total. The van der Waals surface area contributed by atoms with E-state index in [1.54, 1.807) is 24.3 Å². The minimum Gasteiger partial charge on any atom is -0.493 e. The molecular weight excluding hydrogens is 384 g/mol. The van der Waals surface area contributed by atoms with Crippen molar-refractivity contribution >= 4 is 33.6 Å². The molecule has 0 radical (unpaired) electrons. The second kappa shape index (κ2) is 8.44. The van der Waals surface area contributed by atoms with Crippen LogP contribution in [0.15, 0.2) is 53.0 Å². The molecule has 0 aromatic heterocycles. The van der Waals surface area contributed by atoms with E-state index in [2.05, 4.69) is 26.0 Å². The molecule has 2 aromatic rings. The summed E-state index contributed by atoms with van der Waals surface area (Å²) in [6, 6.07) is 11.6. The van der Waals surface area contributed by atoms with Crippen LogP contribution in [0.2, 0.25) is 0 Å². The number of benzene rings is 2. The minimum absolute atomic E-state index is 0.0673. The van der Waals surface area contributed by atoms with E-state index < -0.39 is 6.61 Å². The lowest BCUT2D eigenvalue weighted by atomic mass is 10.2. The maximum atomic E-state index is 12.3. The van der Waals surface area contributed by atoms with E-state index in [9.17, 15) is 13.6 Å². The average molecular weight is 398 g/mol. The predicted octanol–water partition coefficient (Wildman–Crippen LogP) is 4.71. The monoisotopic (exact) mass is 397 g/mol. The van der Waals surface area contributed by atoms with E-state index in [1.807, 2.05) is 12.1 Å². The predicted molar refractivity (Wildman–Crippen MR) is 91.4 cm³/mol. The number of ether oxygens (including phenoxy) is 2. The first-order valence-electron chi connectivity index (χ1n) is 6.86. The Bertz CT molecular complexity index is 750. The number of rotatable bonds is 6. The molecule has 0 aliphatic carbocycles. The van der Waals surface area contributed by atoms with Gasteiger partial charge in [-0.15, -0.1) is 0 Å². The number of halogens is 3. The summed E-state index contributed by atoms with van der Waals surface area (Å²) in [5.41, 5.74) is 1.25. The maximum Gasteiger partial charge on any atom is 0.387 e. The number of para-hydroxylation sites is 1. The zero-order valence-electron chi connectivity index (χ0n) is 12.6. The molecule has 0 fully saturated rings. The van der Waals surface area contributed by atoms with Crippen molar-refractivity contribution in [3.8, 4) is 11.5 Å². The summed E-state index contributed by atoms with van der Waals surface area (Å²) >= 11 is 3.34. The fourth-order valence-corrected chi connectivity index (χ4v) is 2.27. The highest BCUT2D eigenvalue weighted by Gasteiger charge is 2.10. The Labute approximate surface area is 146 Å². The number of alkyl halides is 2. The van der Waals surface area contributed by atoms with Crippen molar-refractivity contribution < 1.29 is 23.0 Å². The lowest BCUT2D eigenvalue weighted by molar-refractivity contribution is -0.111. The van der Waals surface area contributed by atoms with Crippen molar-refractivity contribution in [3.05, 3.63) is 58.6 Å². The van der Waals surface area contributed by atoms with Crippen LogP contribution in [0.1, 0.15) is 5.56 Å². The SMILES string of the molecule is COc1cc(/C=C/C(=O)Nc2ccccc2Br)ccc1OC(F)F. The second-order valence-corrected chi connectivity index (χ2v) is 5.45. The fourth-order valence-electron chi connectivity index (χ4n) is 1.89. The van der Waals surface area contributed by atoms with E-state index in [0.717, 1.165) is 4.47 Å². The maximum absolute atomic E-state index is 12.3. The molecule has 7 heteroatoms. The molecule has 0 aliphatic heterocycles. The molecule has 4 nitrogen and oxygen atoms in total. The Morgan fingerprint density at radius 1 is 1.21 bits per heavy atom. The van der Waals surface area contributed by atoms with Gasteiger partial charge < -0.3 is 14.8 Å².